The summed E-state index contributed by atoms with van der Waals surface area (Å²) in [5, 5.41) is 7.28. The molecule has 1 atom stereocenters. The molecule has 0 spiro atoms. The molecule has 1 unspecified atom stereocenters. The third-order valence-corrected chi connectivity index (χ3v) is 4.45. The number of benzene rings is 1. The molecule has 2 aromatic heterocycles. The van der Waals surface area contributed by atoms with Gasteiger partial charge in [-0.15, -0.1) is 0 Å². The first-order valence-corrected chi connectivity index (χ1v) is 8.62. The number of nitrogens with zero attached hydrogens (tertiary/aromatic N) is 3. The standard InChI is InChI=1S/C18H18ClN5O/c19-14-7-12(8-15-18(14)23-6-5-22-15)9-24-16-11-21-4-2-17(16)25-13-1-3-20-10-13/h2,4-8,11,13,20,24H,1,3,9-10H2. The van der Waals surface area contributed by atoms with Crippen molar-refractivity contribution in [1.82, 2.24) is 20.3 Å². The van der Waals surface area contributed by atoms with Gasteiger partial charge in [-0.25, -0.2) is 0 Å². The topological polar surface area (TPSA) is 72.0 Å². The fourth-order valence-electron chi connectivity index (χ4n) is 2.91. The van der Waals surface area contributed by atoms with Gasteiger partial charge in [0.1, 0.15) is 17.4 Å². The number of ether oxygens (including phenoxy) is 1. The van der Waals surface area contributed by atoms with Gasteiger partial charge in [0.15, 0.2) is 0 Å². The highest BCUT2D eigenvalue weighted by molar-refractivity contribution is 6.34. The zero-order valence-corrected chi connectivity index (χ0v) is 14.3. The van der Waals surface area contributed by atoms with Crippen molar-refractivity contribution in [2.75, 3.05) is 18.4 Å². The van der Waals surface area contributed by atoms with Crippen LogP contribution in [-0.2, 0) is 6.54 Å². The van der Waals surface area contributed by atoms with Crippen molar-refractivity contribution >= 4 is 28.3 Å². The van der Waals surface area contributed by atoms with E-state index in [0.29, 0.717) is 17.1 Å². The Hall–Kier alpha value is -2.44. The van der Waals surface area contributed by atoms with Crippen LogP contribution in [0.4, 0.5) is 5.69 Å². The Kier molecular flexibility index (Phi) is 4.63. The van der Waals surface area contributed by atoms with Crippen molar-refractivity contribution < 1.29 is 4.74 Å². The first-order valence-electron chi connectivity index (χ1n) is 8.24. The van der Waals surface area contributed by atoms with Crippen LogP contribution in [0.15, 0.2) is 43.0 Å². The van der Waals surface area contributed by atoms with Crippen molar-refractivity contribution in [3.8, 4) is 5.75 Å². The molecule has 2 N–H and O–H groups in total. The van der Waals surface area contributed by atoms with Gasteiger partial charge in [0, 0.05) is 37.7 Å². The lowest BCUT2D eigenvalue weighted by Crippen LogP contribution is -2.20. The largest absolute Gasteiger partial charge is 0.487 e. The summed E-state index contributed by atoms with van der Waals surface area (Å²) in [5.74, 6) is 0.815. The van der Waals surface area contributed by atoms with Crippen LogP contribution in [0.3, 0.4) is 0 Å². The van der Waals surface area contributed by atoms with E-state index in [9.17, 15) is 0 Å². The van der Waals surface area contributed by atoms with Gasteiger partial charge in [-0.2, -0.15) is 0 Å². The number of halogens is 1. The van der Waals surface area contributed by atoms with Crippen LogP contribution in [0.25, 0.3) is 11.0 Å². The number of nitrogens with one attached hydrogen (secondary N) is 2. The highest BCUT2D eigenvalue weighted by Crippen LogP contribution is 2.27. The van der Waals surface area contributed by atoms with E-state index in [4.69, 9.17) is 16.3 Å². The fourth-order valence-corrected chi connectivity index (χ4v) is 3.20. The first-order chi connectivity index (χ1) is 12.3. The highest BCUT2D eigenvalue weighted by Gasteiger charge is 2.17. The second-order valence-electron chi connectivity index (χ2n) is 5.96. The Bertz CT molecular complexity index is 882. The van der Waals surface area contributed by atoms with Gasteiger partial charge in [-0.05, 0) is 30.7 Å². The van der Waals surface area contributed by atoms with Crippen molar-refractivity contribution in [3.05, 3.63) is 53.6 Å². The molecule has 0 radical (unpaired) electrons. The van der Waals surface area contributed by atoms with E-state index >= 15 is 0 Å². The molecule has 7 heteroatoms. The number of fused-ring (bicyclic) bond motifs is 1. The van der Waals surface area contributed by atoms with Crippen molar-refractivity contribution in [1.29, 1.82) is 0 Å². The van der Waals surface area contributed by atoms with Crippen molar-refractivity contribution in [2.45, 2.75) is 19.1 Å². The Labute approximate surface area is 150 Å². The lowest BCUT2D eigenvalue weighted by molar-refractivity contribution is 0.224. The average molecular weight is 356 g/mol. The first kappa shape index (κ1) is 16.1. The minimum absolute atomic E-state index is 0.202. The lowest BCUT2D eigenvalue weighted by atomic mass is 10.2. The Balaban J connectivity index is 1.51. The highest BCUT2D eigenvalue weighted by atomic mass is 35.5. The summed E-state index contributed by atoms with van der Waals surface area (Å²) in [6.45, 7) is 2.47. The molecule has 4 rings (SSSR count). The SMILES string of the molecule is Clc1cc(CNc2cnccc2OC2CCNC2)cc2nccnc12. The van der Waals surface area contributed by atoms with Crippen LogP contribution in [0.1, 0.15) is 12.0 Å². The van der Waals surface area contributed by atoms with Crippen molar-refractivity contribution in [3.63, 3.8) is 0 Å². The maximum atomic E-state index is 6.31. The van der Waals surface area contributed by atoms with E-state index in [2.05, 4.69) is 25.6 Å². The van der Waals surface area contributed by atoms with Gasteiger partial charge in [0.05, 0.1) is 22.4 Å². The van der Waals surface area contributed by atoms with E-state index in [-0.39, 0.29) is 6.10 Å². The number of hydrogen-bond acceptors (Lipinski definition) is 6. The Morgan fingerprint density at radius 1 is 1.24 bits per heavy atom. The van der Waals surface area contributed by atoms with E-state index in [0.717, 1.165) is 42.0 Å². The minimum atomic E-state index is 0.202. The molecule has 1 saturated heterocycles. The second-order valence-corrected chi connectivity index (χ2v) is 6.37. The number of hydrogen-bond donors (Lipinski definition) is 2. The second kappa shape index (κ2) is 7.21. The predicted octanol–water partition coefficient (Wildman–Crippen LogP) is 3.03. The quantitative estimate of drug-likeness (QED) is 0.733. The molecule has 1 aliphatic rings. The van der Waals surface area contributed by atoms with Crippen LogP contribution in [-0.4, -0.2) is 34.1 Å². The summed E-state index contributed by atoms with van der Waals surface area (Å²) in [6.07, 6.45) is 8.04. The van der Waals surface area contributed by atoms with Gasteiger partial charge in [0.2, 0.25) is 0 Å². The molecule has 1 aromatic carbocycles. The van der Waals surface area contributed by atoms with E-state index in [1.54, 1.807) is 24.8 Å². The number of anilines is 1. The summed E-state index contributed by atoms with van der Waals surface area (Å²) in [5.41, 5.74) is 3.39. The van der Waals surface area contributed by atoms with Crippen LogP contribution in [0.5, 0.6) is 5.75 Å². The van der Waals surface area contributed by atoms with Crippen molar-refractivity contribution in [2.24, 2.45) is 0 Å². The molecule has 3 aromatic rings. The monoisotopic (exact) mass is 355 g/mol. The maximum absolute atomic E-state index is 6.31. The minimum Gasteiger partial charge on any atom is -0.487 e. The van der Waals surface area contributed by atoms with Crippen LogP contribution in [0.2, 0.25) is 5.02 Å². The van der Waals surface area contributed by atoms with Gasteiger partial charge >= 0.3 is 0 Å². The van der Waals surface area contributed by atoms with Crippen LogP contribution < -0.4 is 15.4 Å². The number of pyridine rings is 1. The van der Waals surface area contributed by atoms with E-state index in [1.807, 2.05) is 18.2 Å². The number of aromatic nitrogens is 3. The van der Waals surface area contributed by atoms with Gasteiger partial charge < -0.3 is 15.4 Å². The summed E-state index contributed by atoms with van der Waals surface area (Å²) in [4.78, 5) is 12.8. The van der Waals surface area contributed by atoms with Crippen LogP contribution >= 0.6 is 11.6 Å². The van der Waals surface area contributed by atoms with Gasteiger partial charge in [-0.3, -0.25) is 15.0 Å². The molecule has 0 aliphatic carbocycles. The van der Waals surface area contributed by atoms with E-state index < -0.39 is 0 Å². The molecule has 3 heterocycles. The predicted molar refractivity (Wildman–Crippen MR) is 98.0 cm³/mol. The molecule has 1 aliphatic heterocycles. The molecule has 0 bridgehead atoms. The van der Waals surface area contributed by atoms with Crippen LogP contribution in [0, 0.1) is 0 Å². The summed E-state index contributed by atoms with van der Waals surface area (Å²) < 4.78 is 6.08. The smallest absolute Gasteiger partial charge is 0.146 e. The third-order valence-electron chi connectivity index (χ3n) is 4.16. The molecule has 0 saturated carbocycles. The molecule has 1 fully saturated rings. The molecular formula is C18H18ClN5O. The Morgan fingerprint density at radius 2 is 2.16 bits per heavy atom. The fraction of sp³-hybridized carbons (Fsp3) is 0.278. The van der Waals surface area contributed by atoms with Gasteiger partial charge in [-0.1, -0.05) is 11.6 Å². The van der Waals surface area contributed by atoms with E-state index in [1.165, 1.54) is 0 Å². The zero-order valence-electron chi connectivity index (χ0n) is 13.6. The summed E-state index contributed by atoms with van der Waals surface area (Å²) in [6, 6.07) is 5.78. The zero-order chi connectivity index (χ0) is 17.1. The third kappa shape index (κ3) is 3.65. The Morgan fingerprint density at radius 3 is 3.04 bits per heavy atom. The van der Waals surface area contributed by atoms with Gasteiger partial charge in [0.25, 0.3) is 0 Å². The average Bonchev–Trinajstić information content (AvgIpc) is 3.14. The maximum Gasteiger partial charge on any atom is 0.146 e. The lowest BCUT2D eigenvalue weighted by Gasteiger charge is -2.16. The molecular weight excluding hydrogens is 338 g/mol. The summed E-state index contributed by atoms with van der Waals surface area (Å²) >= 11 is 6.31. The molecule has 128 valence electrons. The molecule has 0 amide bonds. The normalized spacial score (nSPS) is 16.9. The summed E-state index contributed by atoms with van der Waals surface area (Å²) in [7, 11) is 0. The molecule has 25 heavy (non-hydrogen) atoms. The molecule has 6 nitrogen and oxygen atoms in total. The number of rotatable bonds is 5.